The molecule has 0 spiro atoms. The van der Waals surface area contributed by atoms with Crippen molar-refractivity contribution in [2.75, 3.05) is 0 Å². The molecular formula is C9H6BrClN2S. The predicted octanol–water partition coefficient (Wildman–Crippen LogP) is 3.93. The first-order valence-electron chi connectivity index (χ1n) is 3.92. The van der Waals surface area contributed by atoms with Crippen LogP contribution in [0, 0.1) is 6.92 Å². The van der Waals surface area contributed by atoms with Crippen molar-refractivity contribution < 1.29 is 0 Å². The summed E-state index contributed by atoms with van der Waals surface area (Å²) >= 11 is 10.9. The number of rotatable bonds is 1. The largest absolute Gasteiger partial charge is 0.232 e. The van der Waals surface area contributed by atoms with E-state index >= 15 is 0 Å². The Morgan fingerprint density at radius 2 is 2.14 bits per heavy atom. The fourth-order valence-electron chi connectivity index (χ4n) is 1.11. The first-order chi connectivity index (χ1) is 6.65. The van der Waals surface area contributed by atoms with Crippen molar-refractivity contribution in [3.63, 3.8) is 0 Å². The number of aromatic nitrogens is 2. The first kappa shape index (κ1) is 10.1. The van der Waals surface area contributed by atoms with E-state index in [9.17, 15) is 0 Å². The van der Waals surface area contributed by atoms with Crippen molar-refractivity contribution in [2.24, 2.45) is 0 Å². The molecule has 2 nitrogen and oxygen atoms in total. The molecule has 5 heteroatoms. The average molecular weight is 290 g/mol. The van der Waals surface area contributed by atoms with Crippen molar-refractivity contribution in [1.82, 2.24) is 9.97 Å². The molecule has 0 unspecified atom stereocenters. The van der Waals surface area contributed by atoms with Crippen LogP contribution in [0.25, 0.3) is 10.6 Å². The van der Waals surface area contributed by atoms with Crippen LogP contribution in [0.4, 0.5) is 0 Å². The molecule has 0 radical (unpaired) electrons. The average Bonchev–Trinajstić information content (AvgIpc) is 2.50. The maximum atomic E-state index is 5.85. The summed E-state index contributed by atoms with van der Waals surface area (Å²) < 4.78 is 1.08. The van der Waals surface area contributed by atoms with Crippen molar-refractivity contribution in [2.45, 2.75) is 6.92 Å². The van der Waals surface area contributed by atoms with E-state index in [-0.39, 0.29) is 0 Å². The van der Waals surface area contributed by atoms with E-state index < -0.39 is 0 Å². The lowest BCUT2D eigenvalue weighted by Gasteiger charge is -1.98. The molecule has 0 bridgehead atoms. The second kappa shape index (κ2) is 3.96. The van der Waals surface area contributed by atoms with Crippen LogP contribution in [0.3, 0.4) is 0 Å². The molecular weight excluding hydrogens is 284 g/mol. The van der Waals surface area contributed by atoms with Gasteiger partial charge in [-0.15, -0.1) is 11.3 Å². The fraction of sp³-hybridized carbons (Fsp3) is 0.111. The third-order valence-electron chi connectivity index (χ3n) is 1.63. The second-order valence-corrected chi connectivity index (χ2v) is 5.58. The Kier molecular flexibility index (Phi) is 2.85. The van der Waals surface area contributed by atoms with Gasteiger partial charge in [0.25, 0.3) is 0 Å². The lowest BCUT2D eigenvalue weighted by molar-refractivity contribution is 1.06. The predicted molar refractivity (Wildman–Crippen MR) is 62.8 cm³/mol. The van der Waals surface area contributed by atoms with Gasteiger partial charge in [-0.2, -0.15) is 0 Å². The van der Waals surface area contributed by atoms with Gasteiger partial charge >= 0.3 is 0 Å². The molecule has 0 atom stereocenters. The van der Waals surface area contributed by atoms with E-state index in [1.54, 1.807) is 17.4 Å². The molecule has 0 amide bonds. The molecule has 0 aliphatic rings. The monoisotopic (exact) mass is 288 g/mol. The van der Waals surface area contributed by atoms with Crippen molar-refractivity contribution in [3.8, 4) is 10.6 Å². The van der Waals surface area contributed by atoms with Crippen LogP contribution in [-0.2, 0) is 0 Å². The van der Waals surface area contributed by atoms with Crippen LogP contribution in [0.15, 0.2) is 22.0 Å². The maximum absolute atomic E-state index is 5.85. The van der Waals surface area contributed by atoms with E-state index in [0.717, 1.165) is 14.4 Å². The number of hydrogen-bond acceptors (Lipinski definition) is 3. The molecule has 0 N–H and O–H groups in total. The highest BCUT2D eigenvalue weighted by Crippen LogP contribution is 2.30. The van der Waals surface area contributed by atoms with Crippen LogP contribution in [0.1, 0.15) is 5.82 Å². The van der Waals surface area contributed by atoms with Gasteiger partial charge in [-0.3, -0.25) is 0 Å². The van der Waals surface area contributed by atoms with Crippen LogP contribution < -0.4 is 0 Å². The van der Waals surface area contributed by atoms with Crippen LogP contribution >= 0.6 is 38.9 Å². The number of thiophene rings is 1. The number of hydrogen-bond donors (Lipinski definition) is 0. The summed E-state index contributed by atoms with van der Waals surface area (Å²) in [6.45, 7) is 1.83. The zero-order valence-electron chi connectivity index (χ0n) is 7.29. The molecule has 0 saturated carbocycles. The van der Waals surface area contributed by atoms with Crippen LogP contribution in [0.2, 0.25) is 5.15 Å². The highest BCUT2D eigenvalue weighted by atomic mass is 79.9. The Balaban J connectivity index is 2.51. The summed E-state index contributed by atoms with van der Waals surface area (Å²) in [6, 6.07) is 5.77. The van der Waals surface area contributed by atoms with Crippen LogP contribution in [-0.4, -0.2) is 9.97 Å². The Morgan fingerprint density at radius 3 is 2.71 bits per heavy atom. The second-order valence-electron chi connectivity index (χ2n) is 2.73. The summed E-state index contributed by atoms with van der Waals surface area (Å²) in [6.07, 6.45) is 0. The SMILES string of the molecule is Cc1nc(Cl)cc(-c2ccc(Br)s2)n1. The van der Waals surface area contributed by atoms with Crippen LogP contribution in [0.5, 0.6) is 0 Å². The van der Waals surface area contributed by atoms with E-state index in [4.69, 9.17) is 11.6 Å². The molecule has 2 aromatic rings. The molecule has 0 aromatic carbocycles. The summed E-state index contributed by atoms with van der Waals surface area (Å²) in [5, 5.41) is 0.483. The van der Waals surface area contributed by atoms with E-state index in [1.807, 2.05) is 19.1 Å². The summed E-state index contributed by atoms with van der Waals surface area (Å²) in [5.41, 5.74) is 0.873. The van der Waals surface area contributed by atoms with E-state index in [0.29, 0.717) is 11.0 Å². The van der Waals surface area contributed by atoms with Crippen molar-refractivity contribution >= 4 is 38.9 Å². The van der Waals surface area contributed by atoms with E-state index in [1.165, 1.54) is 0 Å². The zero-order chi connectivity index (χ0) is 10.1. The smallest absolute Gasteiger partial charge is 0.133 e. The molecule has 14 heavy (non-hydrogen) atoms. The van der Waals surface area contributed by atoms with Crippen molar-refractivity contribution in [3.05, 3.63) is 33.0 Å². The van der Waals surface area contributed by atoms with Gasteiger partial charge in [0.2, 0.25) is 0 Å². The minimum atomic E-state index is 0.483. The highest BCUT2D eigenvalue weighted by Gasteiger charge is 2.05. The maximum Gasteiger partial charge on any atom is 0.133 e. The van der Waals surface area contributed by atoms with Gasteiger partial charge in [-0.25, -0.2) is 9.97 Å². The van der Waals surface area contributed by atoms with E-state index in [2.05, 4.69) is 25.9 Å². The third-order valence-corrected chi connectivity index (χ3v) is 3.47. The fourth-order valence-corrected chi connectivity index (χ4v) is 2.68. The number of aryl methyl sites for hydroxylation is 1. The molecule has 2 heterocycles. The Bertz CT molecular complexity index is 449. The Morgan fingerprint density at radius 1 is 1.36 bits per heavy atom. The Labute approximate surface area is 99.1 Å². The molecule has 0 fully saturated rings. The minimum Gasteiger partial charge on any atom is -0.232 e. The lowest BCUT2D eigenvalue weighted by Crippen LogP contribution is -1.89. The molecule has 2 rings (SSSR count). The lowest BCUT2D eigenvalue weighted by atomic mass is 10.3. The van der Waals surface area contributed by atoms with Gasteiger partial charge in [-0.1, -0.05) is 11.6 Å². The number of nitrogens with zero attached hydrogens (tertiary/aromatic N) is 2. The molecule has 0 aliphatic heterocycles. The van der Waals surface area contributed by atoms with Gasteiger partial charge < -0.3 is 0 Å². The summed E-state index contributed by atoms with van der Waals surface area (Å²) in [5.74, 6) is 0.692. The Hall–Kier alpha value is -0.450. The minimum absolute atomic E-state index is 0.483. The quantitative estimate of drug-likeness (QED) is 0.743. The van der Waals surface area contributed by atoms with Crippen molar-refractivity contribution in [1.29, 1.82) is 0 Å². The van der Waals surface area contributed by atoms with Gasteiger partial charge in [0.1, 0.15) is 11.0 Å². The zero-order valence-corrected chi connectivity index (χ0v) is 10.4. The molecule has 0 aliphatic carbocycles. The standard InChI is InChI=1S/C9H6BrClN2S/c1-5-12-6(4-9(11)13-5)7-2-3-8(10)14-7/h2-4H,1H3. The van der Waals surface area contributed by atoms with Gasteiger partial charge in [0.15, 0.2) is 0 Å². The third kappa shape index (κ3) is 2.13. The molecule has 0 saturated heterocycles. The molecule has 72 valence electrons. The summed E-state index contributed by atoms with van der Waals surface area (Å²) in [7, 11) is 0. The molecule has 2 aromatic heterocycles. The van der Waals surface area contributed by atoms with Gasteiger partial charge in [0.05, 0.1) is 14.4 Å². The summed E-state index contributed by atoms with van der Waals surface area (Å²) in [4.78, 5) is 9.41. The number of halogens is 2. The first-order valence-corrected chi connectivity index (χ1v) is 5.91. The normalized spacial score (nSPS) is 10.5. The van der Waals surface area contributed by atoms with Gasteiger partial charge in [-0.05, 0) is 35.0 Å². The highest BCUT2D eigenvalue weighted by molar-refractivity contribution is 9.11. The topological polar surface area (TPSA) is 25.8 Å². The van der Waals surface area contributed by atoms with Gasteiger partial charge in [0, 0.05) is 6.07 Å².